The summed E-state index contributed by atoms with van der Waals surface area (Å²) >= 11 is 5.60. The molecule has 1 fully saturated rings. The van der Waals surface area contributed by atoms with Crippen molar-refractivity contribution in [3.05, 3.63) is 17.0 Å². The van der Waals surface area contributed by atoms with Crippen LogP contribution in [0.15, 0.2) is 6.20 Å². The van der Waals surface area contributed by atoms with Crippen molar-refractivity contribution in [1.29, 1.82) is 0 Å². The van der Waals surface area contributed by atoms with Crippen molar-refractivity contribution in [2.75, 3.05) is 25.1 Å². The highest BCUT2D eigenvalue weighted by atomic mass is 35.5. The monoisotopic (exact) mass is 243 g/mol. The molecule has 1 saturated heterocycles. The van der Waals surface area contributed by atoms with Crippen LogP contribution in [-0.4, -0.2) is 40.8 Å². The molecule has 2 rings (SSSR count). The predicted octanol–water partition coefficient (Wildman–Crippen LogP) is 0.886. The summed E-state index contributed by atoms with van der Waals surface area (Å²) in [5, 5.41) is 11.9. The highest BCUT2D eigenvalue weighted by Crippen LogP contribution is 2.16. The first-order valence-electron chi connectivity index (χ1n) is 4.74. The molecule has 0 radical (unpaired) electrons. The lowest BCUT2D eigenvalue weighted by molar-refractivity contribution is -0.0248. The smallest absolute Gasteiger partial charge is 0.341 e. The zero-order valence-electron chi connectivity index (χ0n) is 8.31. The van der Waals surface area contributed by atoms with Crippen LogP contribution in [0.25, 0.3) is 0 Å². The molecular formula is C9H10ClN3O3. The summed E-state index contributed by atoms with van der Waals surface area (Å²) in [5.74, 6) is -0.432. The van der Waals surface area contributed by atoms with Crippen molar-refractivity contribution in [1.82, 2.24) is 9.97 Å². The Morgan fingerprint density at radius 2 is 2.44 bits per heavy atom. The maximum absolute atomic E-state index is 10.9. The minimum absolute atomic E-state index is 0.0182. The number of carboxylic acids is 1. The molecule has 0 saturated carbocycles. The number of halogens is 1. The van der Waals surface area contributed by atoms with Gasteiger partial charge in [-0.1, -0.05) is 0 Å². The minimum Gasteiger partial charge on any atom is -0.477 e. The second kappa shape index (κ2) is 4.63. The number of carbonyl (C=O) groups is 1. The lowest BCUT2D eigenvalue weighted by atomic mass is 10.1. The van der Waals surface area contributed by atoms with Gasteiger partial charge in [0.1, 0.15) is 11.4 Å². The largest absolute Gasteiger partial charge is 0.477 e. The molecule has 16 heavy (non-hydrogen) atoms. The zero-order valence-corrected chi connectivity index (χ0v) is 9.07. The van der Waals surface area contributed by atoms with E-state index in [2.05, 4.69) is 15.3 Å². The summed E-state index contributed by atoms with van der Waals surface area (Å²) in [6.07, 6.45) is 1.19. The summed E-state index contributed by atoms with van der Waals surface area (Å²) in [6.45, 7) is 2.00. The summed E-state index contributed by atoms with van der Waals surface area (Å²) in [7, 11) is 0. The number of aromatic carboxylic acids is 1. The van der Waals surface area contributed by atoms with Crippen LogP contribution < -0.4 is 5.32 Å². The Bertz CT molecular complexity index is 409. The first kappa shape index (κ1) is 11.1. The van der Waals surface area contributed by atoms with Crippen molar-refractivity contribution >= 4 is 23.4 Å². The number of aromatic nitrogens is 2. The Morgan fingerprint density at radius 3 is 3.00 bits per heavy atom. The number of anilines is 1. The Kier molecular flexibility index (Phi) is 3.21. The molecule has 0 amide bonds. The quantitative estimate of drug-likeness (QED) is 0.764. The number of rotatable bonds is 4. The second-order valence-corrected chi connectivity index (χ2v) is 3.83. The van der Waals surface area contributed by atoms with Gasteiger partial charge in [0.15, 0.2) is 0 Å². The summed E-state index contributed by atoms with van der Waals surface area (Å²) in [4.78, 5) is 18.4. The molecule has 1 aliphatic rings. The SMILES string of the molecule is O=C(O)c1cnc(Cl)nc1NCC1COC1. The zero-order chi connectivity index (χ0) is 11.5. The van der Waals surface area contributed by atoms with Gasteiger partial charge in [-0.15, -0.1) is 0 Å². The first-order valence-corrected chi connectivity index (χ1v) is 5.12. The molecule has 7 heteroatoms. The molecule has 6 nitrogen and oxygen atoms in total. The Morgan fingerprint density at radius 1 is 1.69 bits per heavy atom. The van der Waals surface area contributed by atoms with Crippen molar-refractivity contribution < 1.29 is 14.6 Å². The molecule has 0 bridgehead atoms. The van der Waals surface area contributed by atoms with E-state index in [4.69, 9.17) is 21.4 Å². The fourth-order valence-corrected chi connectivity index (χ4v) is 1.43. The Balaban J connectivity index is 2.09. The van der Waals surface area contributed by atoms with Crippen molar-refractivity contribution in [2.45, 2.75) is 0 Å². The normalized spacial score (nSPS) is 15.6. The van der Waals surface area contributed by atoms with Crippen LogP contribution in [0.1, 0.15) is 10.4 Å². The van der Waals surface area contributed by atoms with Crippen molar-refractivity contribution in [3.8, 4) is 0 Å². The molecule has 1 aromatic heterocycles. The van der Waals surface area contributed by atoms with Gasteiger partial charge in [-0.05, 0) is 11.6 Å². The minimum atomic E-state index is -1.08. The molecule has 0 aliphatic carbocycles. The van der Waals surface area contributed by atoms with Crippen LogP contribution in [0.2, 0.25) is 5.28 Å². The summed E-state index contributed by atoms with van der Waals surface area (Å²) in [5.41, 5.74) is 0.0182. The number of nitrogens with zero attached hydrogens (tertiary/aromatic N) is 2. The lowest BCUT2D eigenvalue weighted by Crippen LogP contribution is -2.33. The van der Waals surface area contributed by atoms with Crippen molar-refractivity contribution in [3.63, 3.8) is 0 Å². The van der Waals surface area contributed by atoms with Gasteiger partial charge in [0.25, 0.3) is 0 Å². The highest BCUT2D eigenvalue weighted by molar-refractivity contribution is 6.28. The van der Waals surface area contributed by atoms with Gasteiger partial charge < -0.3 is 15.2 Å². The number of nitrogens with one attached hydrogen (secondary N) is 1. The Labute approximate surface area is 96.6 Å². The van der Waals surface area contributed by atoms with E-state index in [0.29, 0.717) is 25.7 Å². The van der Waals surface area contributed by atoms with Crippen LogP contribution in [0.3, 0.4) is 0 Å². The molecule has 1 aromatic rings. The van der Waals surface area contributed by atoms with E-state index in [-0.39, 0.29) is 16.7 Å². The van der Waals surface area contributed by atoms with E-state index in [9.17, 15) is 4.79 Å². The highest BCUT2D eigenvalue weighted by Gasteiger charge is 2.20. The maximum atomic E-state index is 10.9. The van der Waals surface area contributed by atoms with E-state index < -0.39 is 5.97 Å². The van der Waals surface area contributed by atoms with Crippen LogP contribution >= 0.6 is 11.6 Å². The maximum Gasteiger partial charge on any atom is 0.341 e. The topological polar surface area (TPSA) is 84.3 Å². The van der Waals surface area contributed by atoms with E-state index in [0.717, 1.165) is 0 Å². The van der Waals surface area contributed by atoms with Gasteiger partial charge in [0.05, 0.1) is 13.2 Å². The predicted molar refractivity (Wildman–Crippen MR) is 56.8 cm³/mol. The van der Waals surface area contributed by atoms with Gasteiger partial charge in [0.2, 0.25) is 5.28 Å². The van der Waals surface area contributed by atoms with Gasteiger partial charge >= 0.3 is 5.97 Å². The van der Waals surface area contributed by atoms with Crippen LogP contribution in [0.5, 0.6) is 0 Å². The van der Waals surface area contributed by atoms with Gasteiger partial charge in [0, 0.05) is 18.7 Å². The van der Waals surface area contributed by atoms with Crippen LogP contribution in [-0.2, 0) is 4.74 Å². The van der Waals surface area contributed by atoms with Crippen LogP contribution in [0.4, 0.5) is 5.82 Å². The molecule has 0 spiro atoms. The van der Waals surface area contributed by atoms with Gasteiger partial charge in [-0.2, -0.15) is 4.98 Å². The third-order valence-electron chi connectivity index (χ3n) is 2.26. The molecular weight excluding hydrogens is 234 g/mol. The molecule has 0 atom stereocenters. The molecule has 0 unspecified atom stereocenters. The number of hydrogen-bond donors (Lipinski definition) is 2. The molecule has 1 aliphatic heterocycles. The fraction of sp³-hybridized carbons (Fsp3) is 0.444. The molecule has 2 heterocycles. The third-order valence-corrected chi connectivity index (χ3v) is 2.44. The van der Waals surface area contributed by atoms with Gasteiger partial charge in [-0.25, -0.2) is 9.78 Å². The van der Waals surface area contributed by atoms with E-state index in [1.165, 1.54) is 6.20 Å². The average Bonchev–Trinajstić information content (AvgIpc) is 2.14. The number of ether oxygens (including phenoxy) is 1. The molecule has 2 N–H and O–H groups in total. The van der Waals surface area contributed by atoms with Gasteiger partial charge in [-0.3, -0.25) is 0 Å². The number of hydrogen-bond acceptors (Lipinski definition) is 5. The third kappa shape index (κ3) is 2.40. The average molecular weight is 244 g/mol. The Hall–Kier alpha value is -1.40. The lowest BCUT2D eigenvalue weighted by Gasteiger charge is -2.26. The second-order valence-electron chi connectivity index (χ2n) is 3.49. The van der Waals surface area contributed by atoms with E-state index in [1.54, 1.807) is 0 Å². The van der Waals surface area contributed by atoms with E-state index in [1.807, 2.05) is 0 Å². The summed E-state index contributed by atoms with van der Waals surface area (Å²) in [6, 6.07) is 0. The van der Waals surface area contributed by atoms with Crippen LogP contribution in [0, 0.1) is 5.92 Å². The number of carboxylic acid groups (broad SMARTS) is 1. The standard InChI is InChI=1S/C9H10ClN3O3/c10-9-12-2-6(8(14)15)7(13-9)11-1-5-3-16-4-5/h2,5H,1,3-4H2,(H,14,15)(H,11,12,13). The summed E-state index contributed by atoms with van der Waals surface area (Å²) < 4.78 is 5.01. The first-order chi connectivity index (χ1) is 7.66. The van der Waals surface area contributed by atoms with Crippen molar-refractivity contribution in [2.24, 2.45) is 5.92 Å². The fourth-order valence-electron chi connectivity index (χ4n) is 1.29. The van der Waals surface area contributed by atoms with E-state index >= 15 is 0 Å². The molecule has 86 valence electrons. The molecule has 0 aromatic carbocycles.